The molecule has 5 heteroatoms. The predicted molar refractivity (Wildman–Crippen MR) is 82.8 cm³/mol. The number of amides is 1. The Balaban J connectivity index is 1.91. The highest BCUT2D eigenvalue weighted by atomic mass is 32.1. The summed E-state index contributed by atoms with van der Waals surface area (Å²) in [6.45, 7) is 1.94. The summed E-state index contributed by atoms with van der Waals surface area (Å²) in [6, 6.07) is 9.12. The summed E-state index contributed by atoms with van der Waals surface area (Å²) < 4.78 is 0. The highest BCUT2D eigenvalue weighted by Crippen LogP contribution is 2.35. The molecule has 0 aliphatic heterocycles. The van der Waals surface area contributed by atoms with Crippen LogP contribution >= 0.6 is 11.3 Å². The van der Waals surface area contributed by atoms with Gasteiger partial charge < -0.3 is 10.4 Å². The fraction of sp³-hybridized carbons (Fsp3) is 0.250. The summed E-state index contributed by atoms with van der Waals surface area (Å²) in [6.07, 6.45) is 1.94. The monoisotopic (exact) mass is 301 g/mol. The summed E-state index contributed by atoms with van der Waals surface area (Å²) in [5.74, 6) is -0.678. The maximum Gasteiger partial charge on any atom is 0.345 e. The van der Waals surface area contributed by atoms with E-state index in [1.807, 2.05) is 31.2 Å². The number of carboxylic acid groups (broad SMARTS) is 1. The summed E-state index contributed by atoms with van der Waals surface area (Å²) in [7, 11) is 0. The molecular formula is C16H15NO3S. The lowest BCUT2D eigenvalue weighted by molar-refractivity contribution is -0.117. The van der Waals surface area contributed by atoms with Gasteiger partial charge in [0.2, 0.25) is 5.91 Å². The molecule has 2 aromatic rings. The van der Waals surface area contributed by atoms with Crippen molar-refractivity contribution in [2.24, 2.45) is 5.92 Å². The van der Waals surface area contributed by atoms with Crippen LogP contribution in [0.1, 0.15) is 28.1 Å². The van der Waals surface area contributed by atoms with E-state index in [4.69, 9.17) is 5.11 Å². The first-order valence-corrected chi connectivity index (χ1v) is 7.62. The summed E-state index contributed by atoms with van der Waals surface area (Å²) in [5.41, 5.74) is 2.72. The van der Waals surface area contributed by atoms with Gasteiger partial charge in [-0.2, -0.15) is 0 Å². The third kappa shape index (κ3) is 2.83. The molecule has 1 aliphatic rings. The van der Waals surface area contributed by atoms with E-state index in [1.54, 1.807) is 6.07 Å². The number of rotatable bonds is 4. The number of hydrogen-bond donors (Lipinski definition) is 2. The van der Waals surface area contributed by atoms with Gasteiger partial charge in [0.1, 0.15) is 4.88 Å². The lowest BCUT2D eigenvalue weighted by Crippen LogP contribution is -2.14. The Morgan fingerprint density at radius 2 is 2.00 bits per heavy atom. The van der Waals surface area contributed by atoms with E-state index in [9.17, 15) is 9.59 Å². The van der Waals surface area contributed by atoms with Crippen LogP contribution in [0.15, 0.2) is 30.3 Å². The van der Waals surface area contributed by atoms with E-state index >= 15 is 0 Å². The van der Waals surface area contributed by atoms with Gasteiger partial charge in [0, 0.05) is 16.5 Å². The molecule has 1 aromatic heterocycles. The fourth-order valence-electron chi connectivity index (χ4n) is 2.22. The van der Waals surface area contributed by atoms with Crippen molar-refractivity contribution in [1.29, 1.82) is 0 Å². The summed E-state index contributed by atoms with van der Waals surface area (Å²) >= 11 is 1.24. The topological polar surface area (TPSA) is 66.4 Å². The number of carbonyl (C=O) groups excluding carboxylic acids is 1. The van der Waals surface area contributed by atoms with Crippen LogP contribution in [0, 0.1) is 12.8 Å². The van der Waals surface area contributed by atoms with Gasteiger partial charge in [-0.15, -0.1) is 11.3 Å². The Kier molecular flexibility index (Phi) is 3.51. The number of thiophene rings is 1. The number of benzene rings is 1. The van der Waals surface area contributed by atoms with E-state index in [0.29, 0.717) is 4.88 Å². The zero-order valence-electron chi connectivity index (χ0n) is 11.6. The molecule has 0 radical (unpaired) electrons. The molecule has 1 amide bonds. The molecule has 3 rings (SSSR count). The highest BCUT2D eigenvalue weighted by Gasteiger charge is 2.29. The van der Waals surface area contributed by atoms with Gasteiger partial charge in [-0.25, -0.2) is 4.79 Å². The molecule has 0 atom stereocenters. The first-order valence-electron chi connectivity index (χ1n) is 6.80. The summed E-state index contributed by atoms with van der Waals surface area (Å²) in [4.78, 5) is 24.1. The van der Waals surface area contributed by atoms with Gasteiger partial charge in [-0.3, -0.25) is 4.79 Å². The minimum absolute atomic E-state index is 0.0765. The molecule has 1 heterocycles. The van der Waals surface area contributed by atoms with E-state index in [2.05, 4.69) is 5.32 Å². The highest BCUT2D eigenvalue weighted by molar-refractivity contribution is 7.17. The van der Waals surface area contributed by atoms with Crippen LogP contribution in [-0.4, -0.2) is 17.0 Å². The molecule has 108 valence electrons. The van der Waals surface area contributed by atoms with Crippen LogP contribution in [0.3, 0.4) is 0 Å². The Labute approximate surface area is 126 Å². The number of nitrogens with one attached hydrogen (secondary N) is 1. The van der Waals surface area contributed by atoms with Gasteiger partial charge in [0.25, 0.3) is 0 Å². The molecule has 1 fully saturated rings. The van der Waals surface area contributed by atoms with Crippen molar-refractivity contribution in [1.82, 2.24) is 0 Å². The number of carbonyl (C=O) groups is 2. The Hall–Kier alpha value is -2.14. The second-order valence-corrected chi connectivity index (χ2v) is 6.29. The van der Waals surface area contributed by atoms with Crippen LogP contribution in [-0.2, 0) is 4.79 Å². The number of aromatic carboxylic acids is 1. The smallest absolute Gasteiger partial charge is 0.345 e. The van der Waals surface area contributed by atoms with Crippen molar-refractivity contribution < 1.29 is 14.7 Å². The minimum atomic E-state index is -0.915. The zero-order valence-corrected chi connectivity index (χ0v) is 12.4. The number of hydrogen-bond acceptors (Lipinski definition) is 3. The molecule has 0 unspecified atom stereocenters. The SMILES string of the molecule is Cc1c(NC(=O)C2CC2)cccc1-c1ccc(C(=O)O)s1. The number of carboxylic acids is 1. The molecule has 4 nitrogen and oxygen atoms in total. The van der Waals surface area contributed by atoms with Crippen molar-refractivity contribution in [3.05, 3.63) is 40.8 Å². The first kappa shape index (κ1) is 13.8. The van der Waals surface area contributed by atoms with Gasteiger partial charge in [-0.05, 0) is 49.1 Å². The molecule has 0 saturated heterocycles. The second-order valence-electron chi connectivity index (χ2n) is 5.21. The van der Waals surface area contributed by atoms with Gasteiger partial charge >= 0.3 is 5.97 Å². The maximum atomic E-state index is 11.9. The first-order chi connectivity index (χ1) is 10.1. The fourth-order valence-corrected chi connectivity index (χ4v) is 3.14. The molecule has 0 bridgehead atoms. The standard InChI is InChI=1S/C16H15NO3S/c1-9-11(13-7-8-14(21-13)16(19)20)3-2-4-12(9)17-15(18)10-5-6-10/h2-4,7-8,10H,5-6H2,1H3,(H,17,18)(H,19,20). The Morgan fingerprint density at radius 3 is 2.62 bits per heavy atom. The van der Waals surface area contributed by atoms with E-state index in [1.165, 1.54) is 11.3 Å². The van der Waals surface area contributed by atoms with Crippen molar-refractivity contribution in [2.75, 3.05) is 5.32 Å². The molecule has 1 saturated carbocycles. The number of anilines is 1. The maximum absolute atomic E-state index is 11.9. The second kappa shape index (κ2) is 5.33. The van der Waals surface area contributed by atoms with Crippen LogP contribution in [0.4, 0.5) is 5.69 Å². The van der Waals surface area contributed by atoms with Crippen molar-refractivity contribution in [3.63, 3.8) is 0 Å². The van der Waals surface area contributed by atoms with Gasteiger partial charge in [0.15, 0.2) is 0 Å². The Morgan fingerprint density at radius 1 is 1.24 bits per heavy atom. The lowest BCUT2D eigenvalue weighted by atomic mass is 10.1. The third-order valence-electron chi connectivity index (χ3n) is 3.62. The molecule has 21 heavy (non-hydrogen) atoms. The zero-order chi connectivity index (χ0) is 15.0. The lowest BCUT2D eigenvalue weighted by Gasteiger charge is -2.11. The molecule has 0 spiro atoms. The van der Waals surface area contributed by atoms with E-state index in [-0.39, 0.29) is 11.8 Å². The third-order valence-corrected chi connectivity index (χ3v) is 4.73. The largest absolute Gasteiger partial charge is 0.477 e. The van der Waals surface area contributed by atoms with E-state index < -0.39 is 5.97 Å². The molecule has 1 aromatic carbocycles. The van der Waals surface area contributed by atoms with Crippen LogP contribution < -0.4 is 5.32 Å². The van der Waals surface area contributed by atoms with Crippen LogP contribution in [0.2, 0.25) is 0 Å². The quantitative estimate of drug-likeness (QED) is 0.903. The van der Waals surface area contributed by atoms with Gasteiger partial charge in [0.05, 0.1) is 0 Å². The van der Waals surface area contributed by atoms with E-state index in [0.717, 1.165) is 34.5 Å². The molecule has 1 aliphatic carbocycles. The van der Waals surface area contributed by atoms with Gasteiger partial charge in [-0.1, -0.05) is 12.1 Å². The van der Waals surface area contributed by atoms with Crippen molar-refractivity contribution in [3.8, 4) is 10.4 Å². The van der Waals surface area contributed by atoms with Crippen LogP contribution in [0.5, 0.6) is 0 Å². The average molecular weight is 301 g/mol. The minimum Gasteiger partial charge on any atom is -0.477 e. The van der Waals surface area contributed by atoms with Crippen LogP contribution in [0.25, 0.3) is 10.4 Å². The van der Waals surface area contributed by atoms with Crippen molar-refractivity contribution in [2.45, 2.75) is 19.8 Å². The average Bonchev–Trinajstić information content (AvgIpc) is 3.19. The normalized spacial score (nSPS) is 14.0. The predicted octanol–water partition coefficient (Wildman–Crippen LogP) is 3.77. The Bertz CT molecular complexity index is 716. The summed E-state index contributed by atoms with van der Waals surface area (Å²) in [5, 5.41) is 12.0. The molecular weight excluding hydrogens is 286 g/mol. The molecule has 2 N–H and O–H groups in total. The van der Waals surface area contributed by atoms with Crippen molar-refractivity contribution >= 4 is 28.9 Å².